The van der Waals surface area contributed by atoms with E-state index in [-0.39, 0.29) is 0 Å². The Labute approximate surface area is 96.7 Å². The van der Waals surface area contributed by atoms with Crippen LogP contribution in [0.4, 0.5) is 0 Å². The quantitative estimate of drug-likeness (QED) is 0.591. The summed E-state index contributed by atoms with van der Waals surface area (Å²) in [5, 5.41) is 0. The van der Waals surface area contributed by atoms with Gasteiger partial charge in [-0.3, -0.25) is 4.84 Å². The maximum atomic E-state index is 5.53. The number of hydrogen-bond donors (Lipinski definition) is 1. The zero-order valence-corrected chi connectivity index (χ0v) is 9.52. The van der Waals surface area contributed by atoms with Crippen molar-refractivity contribution in [3.63, 3.8) is 0 Å². The van der Waals surface area contributed by atoms with Crippen LogP contribution in [0.3, 0.4) is 0 Å². The SMILES string of the molecule is c1ccc(OCCNOC2CCCC2)cc1. The van der Waals surface area contributed by atoms with Crippen LogP contribution in [0.2, 0.25) is 0 Å². The third kappa shape index (κ3) is 3.83. The Bertz CT molecular complexity index is 283. The lowest BCUT2D eigenvalue weighted by atomic mass is 10.3. The second-order valence-corrected chi connectivity index (χ2v) is 4.08. The molecule has 1 aromatic rings. The Balaban J connectivity index is 1.52. The molecule has 1 N–H and O–H groups in total. The second kappa shape index (κ2) is 6.51. The summed E-state index contributed by atoms with van der Waals surface area (Å²) in [4.78, 5) is 5.51. The first-order chi connectivity index (χ1) is 7.95. The molecule has 0 amide bonds. The van der Waals surface area contributed by atoms with Crippen molar-refractivity contribution in [2.45, 2.75) is 31.8 Å². The van der Waals surface area contributed by atoms with Gasteiger partial charge in [-0.15, -0.1) is 0 Å². The zero-order chi connectivity index (χ0) is 11.1. The predicted molar refractivity (Wildman–Crippen MR) is 63.3 cm³/mol. The number of rotatable bonds is 6. The van der Waals surface area contributed by atoms with Gasteiger partial charge in [-0.2, -0.15) is 5.48 Å². The Hall–Kier alpha value is -1.06. The average Bonchev–Trinajstić information content (AvgIpc) is 2.83. The molecule has 0 atom stereocenters. The highest BCUT2D eigenvalue weighted by molar-refractivity contribution is 5.20. The van der Waals surface area contributed by atoms with Crippen molar-refractivity contribution in [3.8, 4) is 5.75 Å². The number of benzene rings is 1. The van der Waals surface area contributed by atoms with Crippen molar-refractivity contribution < 1.29 is 9.57 Å². The van der Waals surface area contributed by atoms with Gasteiger partial charge in [0.05, 0.1) is 12.6 Å². The van der Waals surface area contributed by atoms with Crippen molar-refractivity contribution in [3.05, 3.63) is 30.3 Å². The summed E-state index contributed by atoms with van der Waals surface area (Å²) in [5.74, 6) is 0.908. The van der Waals surface area contributed by atoms with E-state index in [4.69, 9.17) is 9.57 Å². The highest BCUT2D eigenvalue weighted by atomic mass is 16.7. The molecular formula is C13H19NO2. The normalized spacial score (nSPS) is 16.5. The molecular weight excluding hydrogens is 202 g/mol. The lowest BCUT2D eigenvalue weighted by Crippen LogP contribution is -2.26. The molecule has 0 unspecified atom stereocenters. The molecule has 1 aliphatic carbocycles. The van der Waals surface area contributed by atoms with E-state index in [1.165, 1.54) is 25.7 Å². The second-order valence-electron chi connectivity index (χ2n) is 4.08. The number of hydroxylamine groups is 1. The first-order valence-corrected chi connectivity index (χ1v) is 6.01. The number of para-hydroxylation sites is 1. The van der Waals surface area contributed by atoms with Crippen LogP contribution in [-0.2, 0) is 4.84 Å². The fourth-order valence-corrected chi connectivity index (χ4v) is 1.91. The van der Waals surface area contributed by atoms with E-state index in [9.17, 15) is 0 Å². The van der Waals surface area contributed by atoms with Gasteiger partial charge >= 0.3 is 0 Å². The molecule has 16 heavy (non-hydrogen) atoms. The van der Waals surface area contributed by atoms with E-state index in [0.717, 1.165) is 12.3 Å². The Morgan fingerprint density at radius 3 is 2.62 bits per heavy atom. The van der Waals surface area contributed by atoms with Crippen LogP contribution in [0.1, 0.15) is 25.7 Å². The minimum Gasteiger partial charge on any atom is -0.492 e. The molecule has 0 spiro atoms. The fourth-order valence-electron chi connectivity index (χ4n) is 1.91. The molecule has 0 bridgehead atoms. The van der Waals surface area contributed by atoms with Gasteiger partial charge in [-0.05, 0) is 25.0 Å². The van der Waals surface area contributed by atoms with E-state index in [1.54, 1.807) is 0 Å². The minimum absolute atomic E-state index is 0.414. The Morgan fingerprint density at radius 2 is 1.88 bits per heavy atom. The first-order valence-electron chi connectivity index (χ1n) is 6.01. The summed E-state index contributed by atoms with van der Waals surface area (Å²) >= 11 is 0. The molecule has 88 valence electrons. The van der Waals surface area contributed by atoms with Crippen molar-refractivity contribution in [2.24, 2.45) is 0 Å². The molecule has 0 saturated heterocycles. The van der Waals surface area contributed by atoms with Gasteiger partial charge < -0.3 is 4.74 Å². The van der Waals surface area contributed by atoms with E-state index < -0.39 is 0 Å². The Morgan fingerprint density at radius 1 is 1.12 bits per heavy atom. The molecule has 1 aliphatic rings. The highest BCUT2D eigenvalue weighted by Gasteiger charge is 2.14. The maximum Gasteiger partial charge on any atom is 0.119 e. The van der Waals surface area contributed by atoms with Crippen LogP contribution in [0.25, 0.3) is 0 Å². The topological polar surface area (TPSA) is 30.5 Å². The molecule has 2 rings (SSSR count). The van der Waals surface area contributed by atoms with Gasteiger partial charge in [0.1, 0.15) is 12.4 Å². The molecule has 3 heteroatoms. The van der Waals surface area contributed by atoms with Crippen LogP contribution in [-0.4, -0.2) is 19.3 Å². The predicted octanol–water partition coefficient (Wildman–Crippen LogP) is 2.53. The van der Waals surface area contributed by atoms with Crippen molar-refractivity contribution in [1.29, 1.82) is 0 Å². The lowest BCUT2D eigenvalue weighted by Gasteiger charge is -2.12. The summed E-state index contributed by atoms with van der Waals surface area (Å²) < 4.78 is 5.53. The molecule has 0 aromatic heterocycles. The minimum atomic E-state index is 0.414. The van der Waals surface area contributed by atoms with Crippen LogP contribution >= 0.6 is 0 Å². The van der Waals surface area contributed by atoms with Gasteiger partial charge in [-0.25, -0.2) is 0 Å². The average molecular weight is 221 g/mol. The third-order valence-corrected chi connectivity index (χ3v) is 2.77. The summed E-state index contributed by atoms with van der Waals surface area (Å²) in [6, 6.07) is 9.83. The maximum absolute atomic E-state index is 5.53. The van der Waals surface area contributed by atoms with E-state index in [1.807, 2.05) is 30.3 Å². The van der Waals surface area contributed by atoms with Gasteiger partial charge in [0.25, 0.3) is 0 Å². The van der Waals surface area contributed by atoms with E-state index in [0.29, 0.717) is 12.7 Å². The van der Waals surface area contributed by atoms with Crippen LogP contribution in [0.15, 0.2) is 30.3 Å². The molecule has 1 saturated carbocycles. The summed E-state index contributed by atoms with van der Waals surface area (Å²) in [6.45, 7) is 1.36. The fraction of sp³-hybridized carbons (Fsp3) is 0.538. The first kappa shape index (κ1) is 11.4. The summed E-state index contributed by atoms with van der Waals surface area (Å²) in [5.41, 5.74) is 2.97. The third-order valence-electron chi connectivity index (χ3n) is 2.77. The number of hydrogen-bond acceptors (Lipinski definition) is 3. The molecule has 1 fully saturated rings. The largest absolute Gasteiger partial charge is 0.492 e. The van der Waals surface area contributed by atoms with E-state index in [2.05, 4.69) is 5.48 Å². The molecule has 0 radical (unpaired) electrons. The monoisotopic (exact) mass is 221 g/mol. The van der Waals surface area contributed by atoms with Crippen molar-refractivity contribution in [1.82, 2.24) is 5.48 Å². The van der Waals surface area contributed by atoms with Crippen LogP contribution < -0.4 is 10.2 Å². The van der Waals surface area contributed by atoms with E-state index >= 15 is 0 Å². The number of nitrogens with one attached hydrogen (secondary N) is 1. The van der Waals surface area contributed by atoms with Crippen LogP contribution in [0.5, 0.6) is 5.75 Å². The number of ether oxygens (including phenoxy) is 1. The van der Waals surface area contributed by atoms with Gasteiger partial charge in [-0.1, -0.05) is 31.0 Å². The molecule has 1 aromatic carbocycles. The zero-order valence-electron chi connectivity index (χ0n) is 9.52. The summed E-state index contributed by atoms with van der Waals surface area (Å²) in [6.07, 6.45) is 5.38. The van der Waals surface area contributed by atoms with Gasteiger partial charge in [0.2, 0.25) is 0 Å². The van der Waals surface area contributed by atoms with Gasteiger partial charge in [0, 0.05) is 0 Å². The Kier molecular flexibility index (Phi) is 4.65. The smallest absolute Gasteiger partial charge is 0.119 e. The van der Waals surface area contributed by atoms with Gasteiger partial charge in [0.15, 0.2) is 0 Å². The van der Waals surface area contributed by atoms with Crippen LogP contribution in [0, 0.1) is 0 Å². The van der Waals surface area contributed by atoms with Crippen molar-refractivity contribution in [2.75, 3.05) is 13.2 Å². The highest BCUT2D eigenvalue weighted by Crippen LogP contribution is 2.19. The lowest BCUT2D eigenvalue weighted by molar-refractivity contribution is -0.0245. The molecule has 0 heterocycles. The standard InChI is InChI=1S/C13H19NO2/c1-2-6-12(7-3-1)15-11-10-14-16-13-8-4-5-9-13/h1-3,6-7,13-14H,4-5,8-11H2. The van der Waals surface area contributed by atoms with Crippen molar-refractivity contribution >= 4 is 0 Å². The molecule has 3 nitrogen and oxygen atoms in total. The summed E-state index contributed by atoms with van der Waals surface area (Å²) in [7, 11) is 0. The molecule has 0 aliphatic heterocycles.